The number of benzene rings is 1. The Morgan fingerprint density at radius 3 is 2.76 bits per heavy atom. The molecule has 5 N–H and O–H groups in total. The molecule has 2 fully saturated rings. The second-order valence-electron chi connectivity index (χ2n) is 9.07. The number of carbonyl (C=O) groups excluding carboxylic acids is 2. The summed E-state index contributed by atoms with van der Waals surface area (Å²) in [6.07, 6.45) is 4.03. The fourth-order valence-corrected chi connectivity index (χ4v) is 4.42. The molecule has 2 aliphatic rings. The number of aromatic nitrogens is 1. The minimum absolute atomic E-state index is 0.0940. The first-order valence-corrected chi connectivity index (χ1v) is 11.6. The summed E-state index contributed by atoms with van der Waals surface area (Å²) in [4.78, 5) is 29.1. The number of fused-ring (bicyclic) bond motifs is 1. The van der Waals surface area contributed by atoms with E-state index in [0.717, 1.165) is 43.1 Å². The van der Waals surface area contributed by atoms with E-state index in [1.807, 2.05) is 18.2 Å². The summed E-state index contributed by atoms with van der Waals surface area (Å²) < 4.78 is 5.23. The molecule has 4 atom stereocenters. The molecule has 2 amide bonds. The van der Waals surface area contributed by atoms with Crippen molar-refractivity contribution in [3.63, 3.8) is 0 Å². The first-order chi connectivity index (χ1) is 16.0. The maximum absolute atomic E-state index is 13.0. The van der Waals surface area contributed by atoms with Crippen LogP contribution in [-0.2, 0) is 4.79 Å². The number of aromatic amines is 1. The molecule has 1 aromatic heterocycles. The number of aliphatic hydroxyl groups excluding tert-OH is 1. The molecular formula is C24H31N5O4. The van der Waals surface area contributed by atoms with Crippen molar-refractivity contribution in [2.24, 2.45) is 11.8 Å². The van der Waals surface area contributed by atoms with E-state index < -0.39 is 18.3 Å². The first kappa shape index (κ1) is 23.1. The number of carbonyl (C=O) groups is 2. The molecule has 0 bridgehead atoms. The Hall–Kier alpha value is -3.09. The summed E-state index contributed by atoms with van der Waals surface area (Å²) in [6, 6.07) is 7.90. The number of amides is 2. The number of hydrogen-bond donors (Lipinski definition) is 5. The average molecular weight is 454 g/mol. The molecule has 4 unspecified atom stereocenters. The van der Waals surface area contributed by atoms with Gasteiger partial charge in [0, 0.05) is 16.8 Å². The van der Waals surface area contributed by atoms with E-state index in [-0.39, 0.29) is 17.7 Å². The van der Waals surface area contributed by atoms with Gasteiger partial charge in [-0.15, -0.1) is 0 Å². The highest BCUT2D eigenvalue weighted by molar-refractivity contribution is 6.00. The van der Waals surface area contributed by atoms with Crippen LogP contribution in [0.3, 0.4) is 0 Å². The Kier molecular flexibility index (Phi) is 7.16. The average Bonchev–Trinajstić information content (AvgIpc) is 3.53. The lowest BCUT2D eigenvalue weighted by Crippen LogP contribution is -2.51. The van der Waals surface area contributed by atoms with Crippen LogP contribution in [0.1, 0.15) is 49.0 Å². The standard InChI is InChI=1S/C24H31N5O4/c1-33-18-6-7-19-16(11-18)12-21(28-19)24(32)29-20(9-14-4-5-14)23(31)27-17(13-25)10-15-3-2-8-26-22(15)30/h6-7,11-12,14-15,17,20,22,26,28,30H,2-5,8-10H2,1H3,(H,27,31)(H,29,32). The Morgan fingerprint density at radius 1 is 1.24 bits per heavy atom. The molecular weight excluding hydrogens is 422 g/mol. The summed E-state index contributed by atoms with van der Waals surface area (Å²) in [5.41, 5.74) is 1.16. The van der Waals surface area contributed by atoms with Gasteiger partial charge in [0.1, 0.15) is 29.8 Å². The van der Waals surface area contributed by atoms with Gasteiger partial charge in [0.2, 0.25) is 5.91 Å². The lowest BCUT2D eigenvalue weighted by molar-refractivity contribution is -0.123. The molecule has 176 valence electrons. The normalized spacial score (nSPS) is 22.2. The van der Waals surface area contributed by atoms with E-state index in [1.165, 1.54) is 0 Å². The zero-order valence-electron chi connectivity index (χ0n) is 18.8. The van der Waals surface area contributed by atoms with E-state index >= 15 is 0 Å². The molecule has 9 nitrogen and oxygen atoms in total. The SMILES string of the molecule is COc1ccc2[nH]c(C(=O)NC(CC3CC3)C(=O)NC(C#N)CC3CCCNC3O)cc2c1. The van der Waals surface area contributed by atoms with Gasteiger partial charge < -0.3 is 25.5 Å². The summed E-state index contributed by atoms with van der Waals surface area (Å²) in [5.74, 6) is 0.269. The molecule has 0 spiro atoms. The van der Waals surface area contributed by atoms with Crippen LogP contribution in [0.15, 0.2) is 24.3 Å². The van der Waals surface area contributed by atoms with Crippen LogP contribution in [0.4, 0.5) is 0 Å². The summed E-state index contributed by atoms with van der Waals surface area (Å²) in [7, 11) is 1.59. The fraction of sp³-hybridized carbons (Fsp3) is 0.542. The maximum atomic E-state index is 13.0. The van der Waals surface area contributed by atoms with Crippen LogP contribution >= 0.6 is 0 Å². The van der Waals surface area contributed by atoms with E-state index in [9.17, 15) is 20.0 Å². The second-order valence-corrected chi connectivity index (χ2v) is 9.07. The number of rotatable bonds is 9. The third-order valence-corrected chi connectivity index (χ3v) is 6.52. The van der Waals surface area contributed by atoms with Gasteiger partial charge in [0.25, 0.3) is 5.91 Å². The number of aliphatic hydroxyl groups is 1. The van der Waals surface area contributed by atoms with Crippen molar-refractivity contribution in [2.45, 2.75) is 56.8 Å². The summed E-state index contributed by atoms with van der Waals surface area (Å²) >= 11 is 0. The number of nitrogens with zero attached hydrogens (tertiary/aromatic N) is 1. The van der Waals surface area contributed by atoms with Crippen LogP contribution < -0.4 is 20.7 Å². The molecule has 9 heteroatoms. The van der Waals surface area contributed by atoms with Crippen LogP contribution in [0.25, 0.3) is 10.9 Å². The smallest absolute Gasteiger partial charge is 0.268 e. The van der Waals surface area contributed by atoms with Gasteiger partial charge >= 0.3 is 0 Å². The minimum atomic E-state index is -0.726. The molecule has 1 aliphatic carbocycles. The number of nitrogens with one attached hydrogen (secondary N) is 4. The van der Waals surface area contributed by atoms with Crippen LogP contribution in [0.2, 0.25) is 0 Å². The van der Waals surface area contributed by atoms with Crippen molar-refractivity contribution in [1.82, 2.24) is 20.9 Å². The lowest BCUT2D eigenvalue weighted by Gasteiger charge is -2.30. The van der Waals surface area contributed by atoms with Crippen molar-refractivity contribution >= 4 is 22.7 Å². The number of ether oxygens (including phenoxy) is 1. The van der Waals surface area contributed by atoms with Gasteiger partial charge in [-0.3, -0.25) is 14.9 Å². The molecule has 1 aliphatic heterocycles. The van der Waals surface area contributed by atoms with Gasteiger partial charge in [-0.2, -0.15) is 5.26 Å². The Labute approximate surface area is 192 Å². The monoisotopic (exact) mass is 453 g/mol. The van der Waals surface area contributed by atoms with Crippen LogP contribution in [-0.4, -0.2) is 53.9 Å². The van der Waals surface area contributed by atoms with Crippen molar-refractivity contribution in [2.75, 3.05) is 13.7 Å². The fourth-order valence-electron chi connectivity index (χ4n) is 4.42. The van der Waals surface area contributed by atoms with Crippen LogP contribution in [0, 0.1) is 23.2 Å². The van der Waals surface area contributed by atoms with E-state index in [4.69, 9.17) is 4.74 Å². The minimum Gasteiger partial charge on any atom is -0.497 e. The highest BCUT2D eigenvalue weighted by Gasteiger charge is 2.33. The molecule has 33 heavy (non-hydrogen) atoms. The van der Waals surface area contributed by atoms with Crippen LogP contribution in [0.5, 0.6) is 5.75 Å². The summed E-state index contributed by atoms with van der Waals surface area (Å²) in [5, 5.41) is 29.2. The molecule has 2 heterocycles. The van der Waals surface area contributed by atoms with E-state index in [1.54, 1.807) is 13.2 Å². The maximum Gasteiger partial charge on any atom is 0.268 e. The predicted octanol–water partition coefficient (Wildman–Crippen LogP) is 1.79. The first-order valence-electron chi connectivity index (χ1n) is 11.6. The Balaban J connectivity index is 1.42. The predicted molar refractivity (Wildman–Crippen MR) is 122 cm³/mol. The van der Waals surface area contributed by atoms with Gasteiger partial charge in [-0.1, -0.05) is 12.8 Å². The van der Waals surface area contributed by atoms with Gasteiger partial charge in [0.05, 0.1) is 13.2 Å². The topological polar surface area (TPSA) is 139 Å². The number of piperidine rings is 1. The Morgan fingerprint density at radius 2 is 2.06 bits per heavy atom. The third kappa shape index (κ3) is 5.83. The molecule has 0 radical (unpaired) electrons. The highest BCUT2D eigenvalue weighted by atomic mass is 16.5. The van der Waals surface area contributed by atoms with Gasteiger partial charge in [-0.25, -0.2) is 0 Å². The molecule has 2 aromatic rings. The molecule has 1 saturated heterocycles. The van der Waals surface area contributed by atoms with Crippen molar-refractivity contribution < 1.29 is 19.4 Å². The number of methoxy groups -OCH3 is 1. The molecule has 1 saturated carbocycles. The zero-order chi connectivity index (χ0) is 23.4. The molecule has 1 aromatic carbocycles. The molecule has 4 rings (SSSR count). The Bertz CT molecular complexity index is 1040. The zero-order valence-corrected chi connectivity index (χ0v) is 18.8. The highest BCUT2D eigenvalue weighted by Crippen LogP contribution is 2.33. The largest absolute Gasteiger partial charge is 0.497 e. The number of H-pyrrole nitrogens is 1. The van der Waals surface area contributed by atoms with Crippen molar-refractivity contribution in [1.29, 1.82) is 5.26 Å². The van der Waals surface area contributed by atoms with E-state index in [0.29, 0.717) is 30.2 Å². The van der Waals surface area contributed by atoms with E-state index in [2.05, 4.69) is 27.0 Å². The lowest BCUT2D eigenvalue weighted by atomic mass is 9.91. The van der Waals surface area contributed by atoms with Gasteiger partial charge in [-0.05, 0) is 62.4 Å². The number of hydrogen-bond acceptors (Lipinski definition) is 6. The third-order valence-electron chi connectivity index (χ3n) is 6.52. The van der Waals surface area contributed by atoms with Crippen molar-refractivity contribution in [3.8, 4) is 11.8 Å². The summed E-state index contributed by atoms with van der Waals surface area (Å²) in [6.45, 7) is 0.747. The van der Waals surface area contributed by atoms with Crippen molar-refractivity contribution in [3.05, 3.63) is 30.0 Å². The quantitative estimate of drug-likeness (QED) is 0.392. The second kappa shape index (κ2) is 10.2. The van der Waals surface area contributed by atoms with Gasteiger partial charge in [0.15, 0.2) is 0 Å². The number of nitriles is 1.